The van der Waals surface area contributed by atoms with Crippen molar-refractivity contribution in [3.8, 4) is 0 Å². The summed E-state index contributed by atoms with van der Waals surface area (Å²) in [5.41, 5.74) is 2.89. The molecule has 0 atom stereocenters. The van der Waals surface area contributed by atoms with Gasteiger partial charge in [0.05, 0.1) is 0 Å². The third-order valence-corrected chi connectivity index (χ3v) is 4.68. The Kier molecular flexibility index (Phi) is 4.71. The molecule has 2 nitrogen and oxygen atoms in total. The molecule has 0 saturated carbocycles. The lowest BCUT2D eigenvalue weighted by molar-refractivity contribution is 0.252. The fourth-order valence-corrected chi connectivity index (χ4v) is 3.74. The summed E-state index contributed by atoms with van der Waals surface area (Å²) in [6.45, 7) is 9.14. The van der Waals surface area contributed by atoms with Crippen molar-refractivity contribution < 1.29 is 0 Å². The van der Waals surface area contributed by atoms with E-state index in [2.05, 4.69) is 60.1 Å². The third kappa shape index (κ3) is 3.74. The Morgan fingerprint density at radius 1 is 1.28 bits per heavy atom. The minimum absolute atomic E-state index is 0.399. The molecule has 0 amide bonds. The molecule has 1 aromatic carbocycles. The van der Waals surface area contributed by atoms with Gasteiger partial charge in [-0.25, -0.2) is 0 Å². The van der Waals surface area contributed by atoms with E-state index in [0.29, 0.717) is 4.75 Å². The van der Waals surface area contributed by atoms with Gasteiger partial charge in [-0.3, -0.25) is 4.90 Å². The summed E-state index contributed by atoms with van der Waals surface area (Å²) in [4.78, 5) is 2.59. The van der Waals surface area contributed by atoms with Crippen LogP contribution in [0.1, 0.15) is 25.0 Å². The van der Waals surface area contributed by atoms with E-state index in [1.807, 2.05) is 7.05 Å². The number of hydrogen-bond donors (Lipinski definition) is 1. The standard InChI is InChI=1S/C15H24N2S/c1-15(2)12-17(8-9-18-15)11-14-7-5-4-6-13(14)10-16-3/h4-7,16H,8-12H2,1-3H3. The fraction of sp³-hybridized carbons (Fsp3) is 0.600. The molecule has 100 valence electrons. The maximum Gasteiger partial charge on any atom is 0.0237 e. The Bertz CT molecular complexity index is 390. The van der Waals surface area contributed by atoms with Crippen LogP contribution in [0.4, 0.5) is 0 Å². The summed E-state index contributed by atoms with van der Waals surface area (Å²) in [6, 6.07) is 8.78. The van der Waals surface area contributed by atoms with Crippen molar-refractivity contribution in [3.63, 3.8) is 0 Å². The lowest BCUT2D eigenvalue weighted by Crippen LogP contribution is -2.42. The Morgan fingerprint density at radius 2 is 2.00 bits per heavy atom. The molecule has 2 rings (SSSR count). The third-order valence-electron chi connectivity index (χ3n) is 3.38. The highest BCUT2D eigenvalue weighted by Crippen LogP contribution is 2.30. The van der Waals surface area contributed by atoms with Crippen molar-refractivity contribution in [2.24, 2.45) is 0 Å². The summed E-state index contributed by atoms with van der Waals surface area (Å²) in [5, 5.41) is 3.26. The molecule has 0 radical (unpaired) electrons. The number of thioether (sulfide) groups is 1. The summed E-state index contributed by atoms with van der Waals surface area (Å²) >= 11 is 2.10. The molecular weight excluding hydrogens is 240 g/mol. The largest absolute Gasteiger partial charge is 0.316 e. The van der Waals surface area contributed by atoms with E-state index in [-0.39, 0.29) is 0 Å². The highest BCUT2D eigenvalue weighted by molar-refractivity contribution is 8.00. The highest BCUT2D eigenvalue weighted by Gasteiger charge is 2.27. The first-order valence-electron chi connectivity index (χ1n) is 6.68. The molecule has 1 aromatic rings. The molecule has 18 heavy (non-hydrogen) atoms. The quantitative estimate of drug-likeness (QED) is 0.900. The molecule has 1 heterocycles. The first-order valence-corrected chi connectivity index (χ1v) is 7.67. The first-order chi connectivity index (χ1) is 8.61. The van der Waals surface area contributed by atoms with E-state index in [0.717, 1.165) is 13.1 Å². The van der Waals surface area contributed by atoms with Crippen LogP contribution in [-0.4, -0.2) is 35.5 Å². The zero-order chi connectivity index (χ0) is 13.0. The second kappa shape index (κ2) is 6.09. The number of hydrogen-bond acceptors (Lipinski definition) is 3. The van der Waals surface area contributed by atoms with Crippen molar-refractivity contribution in [2.75, 3.05) is 25.9 Å². The summed E-state index contributed by atoms with van der Waals surface area (Å²) in [6.07, 6.45) is 0. The number of nitrogens with one attached hydrogen (secondary N) is 1. The van der Waals surface area contributed by atoms with Crippen LogP contribution in [0.15, 0.2) is 24.3 Å². The second-order valence-corrected chi connectivity index (χ2v) is 7.42. The smallest absolute Gasteiger partial charge is 0.0237 e. The molecule has 0 aromatic heterocycles. The first kappa shape index (κ1) is 13.9. The topological polar surface area (TPSA) is 15.3 Å². The average molecular weight is 264 g/mol. The van der Waals surface area contributed by atoms with Crippen LogP contribution >= 0.6 is 11.8 Å². The van der Waals surface area contributed by atoms with Gasteiger partial charge < -0.3 is 5.32 Å². The summed E-state index contributed by atoms with van der Waals surface area (Å²) in [7, 11) is 2.01. The molecule has 0 bridgehead atoms. The maximum atomic E-state index is 3.26. The number of nitrogens with zero attached hydrogens (tertiary/aromatic N) is 1. The van der Waals surface area contributed by atoms with E-state index >= 15 is 0 Å². The van der Waals surface area contributed by atoms with Crippen LogP contribution in [0.3, 0.4) is 0 Å². The molecule has 1 aliphatic rings. The van der Waals surface area contributed by atoms with Gasteiger partial charge in [-0.05, 0) is 32.0 Å². The SMILES string of the molecule is CNCc1ccccc1CN1CCSC(C)(C)C1. The zero-order valence-corrected chi connectivity index (χ0v) is 12.5. The van der Waals surface area contributed by atoms with Gasteiger partial charge in [0, 0.05) is 36.7 Å². The molecule has 1 aliphatic heterocycles. The Morgan fingerprint density at radius 3 is 2.67 bits per heavy atom. The summed E-state index contributed by atoms with van der Waals surface area (Å²) in [5.74, 6) is 1.25. The highest BCUT2D eigenvalue weighted by atomic mass is 32.2. The molecule has 1 fully saturated rings. The lowest BCUT2D eigenvalue weighted by atomic mass is 10.1. The number of rotatable bonds is 4. The van der Waals surface area contributed by atoms with Crippen LogP contribution in [-0.2, 0) is 13.1 Å². The Balaban J connectivity index is 2.04. The van der Waals surface area contributed by atoms with Gasteiger partial charge in [0.2, 0.25) is 0 Å². The minimum Gasteiger partial charge on any atom is -0.316 e. The van der Waals surface area contributed by atoms with Crippen molar-refractivity contribution in [1.29, 1.82) is 0 Å². The molecular formula is C15H24N2S. The minimum atomic E-state index is 0.399. The molecule has 0 aliphatic carbocycles. The Hall–Kier alpha value is -0.510. The lowest BCUT2D eigenvalue weighted by Gasteiger charge is -2.37. The van der Waals surface area contributed by atoms with Gasteiger partial charge in [0.25, 0.3) is 0 Å². The molecule has 0 spiro atoms. The predicted octanol–water partition coefficient (Wildman–Crippen LogP) is 2.73. The van der Waals surface area contributed by atoms with Crippen LogP contribution in [0.25, 0.3) is 0 Å². The van der Waals surface area contributed by atoms with E-state index in [9.17, 15) is 0 Å². The van der Waals surface area contributed by atoms with Crippen LogP contribution in [0.5, 0.6) is 0 Å². The fourth-order valence-electron chi connectivity index (χ4n) is 2.56. The van der Waals surface area contributed by atoms with Gasteiger partial charge in [0.15, 0.2) is 0 Å². The van der Waals surface area contributed by atoms with Gasteiger partial charge in [-0.1, -0.05) is 24.3 Å². The van der Waals surface area contributed by atoms with Crippen LogP contribution in [0, 0.1) is 0 Å². The van der Waals surface area contributed by atoms with Gasteiger partial charge in [-0.15, -0.1) is 0 Å². The van der Waals surface area contributed by atoms with E-state index in [4.69, 9.17) is 0 Å². The van der Waals surface area contributed by atoms with Crippen LogP contribution < -0.4 is 5.32 Å². The molecule has 1 saturated heterocycles. The van der Waals surface area contributed by atoms with Crippen LogP contribution in [0.2, 0.25) is 0 Å². The van der Waals surface area contributed by atoms with E-state index in [1.165, 1.54) is 30.0 Å². The predicted molar refractivity (Wildman–Crippen MR) is 81.0 cm³/mol. The number of benzene rings is 1. The van der Waals surface area contributed by atoms with Crippen molar-refractivity contribution in [1.82, 2.24) is 10.2 Å². The second-order valence-electron chi connectivity index (χ2n) is 5.62. The van der Waals surface area contributed by atoms with Crippen molar-refractivity contribution in [2.45, 2.75) is 31.7 Å². The van der Waals surface area contributed by atoms with Gasteiger partial charge >= 0.3 is 0 Å². The van der Waals surface area contributed by atoms with Crippen molar-refractivity contribution >= 4 is 11.8 Å². The maximum absolute atomic E-state index is 3.26. The average Bonchev–Trinajstić information content (AvgIpc) is 2.31. The normalized spacial score (nSPS) is 19.9. The van der Waals surface area contributed by atoms with E-state index < -0.39 is 0 Å². The van der Waals surface area contributed by atoms with Crippen molar-refractivity contribution in [3.05, 3.63) is 35.4 Å². The van der Waals surface area contributed by atoms with E-state index in [1.54, 1.807) is 0 Å². The summed E-state index contributed by atoms with van der Waals surface area (Å²) < 4.78 is 0.399. The van der Waals surface area contributed by atoms with Gasteiger partial charge in [0.1, 0.15) is 0 Å². The monoisotopic (exact) mass is 264 g/mol. The Labute approximate surface area is 115 Å². The molecule has 3 heteroatoms. The van der Waals surface area contributed by atoms with Gasteiger partial charge in [-0.2, -0.15) is 11.8 Å². The zero-order valence-electron chi connectivity index (χ0n) is 11.7. The molecule has 0 unspecified atom stereocenters. The molecule has 1 N–H and O–H groups in total.